The van der Waals surface area contributed by atoms with Crippen LogP contribution in [0.4, 0.5) is 4.79 Å². The summed E-state index contributed by atoms with van der Waals surface area (Å²) in [5.41, 5.74) is 6.08. The molecule has 0 radical (unpaired) electrons. The number of nitrogens with two attached hydrogens (primary N) is 2. The van der Waals surface area contributed by atoms with Gasteiger partial charge in [-0.05, 0) is 0 Å². The zero-order valence-electron chi connectivity index (χ0n) is 3.98. The van der Waals surface area contributed by atoms with E-state index in [0.29, 0.717) is 0 Å². The van der Waals surface area contributed by atoms with Crippen molar-refractivity contribution in [3.8, 4) is 0 Å². The lowest BCUT2D eigenvalue weighted by Gasteiger charge is -1.81. The molecule has 0 aromatic rings. The van der Waals surface area contributed by atoms with Gasteiger partial charge in [0.15, 0.2) is 0 Å². The quantitative estimate of drug-likeness (QED) is 0.164. The lowest BCUT2D eigenvalue weighted by molar-refractivity contribution is 0.249. The molecule has 0 aromatic heterocycles. The number of carbonyl (C=O) groups is 1. The molecule has 0 saturated carbocycles. The smallest absolute Gasteiger partial charge is 0.326 e. The van der Waals surface area contributed by atoms with Gasteiger partial charge in [0.1, 0.15) is 0 Å². The van der Waals surface area contributed by atoms with Gasteiger partial charge in [0, 0.05) is 0 Å². The second-order valence-electron chi connectivity index (χ2n) is 0.509. The summed E-state index contributed by atoms with van der Waals surface area (Å²) in [6.07, 6.45) is 0. The normalized spacial score (nSPS) is 5.29. The molecular formula is C3H9N3O. The van der Waals surface area contributed by atoms with Gasteiger partial charge in [-0.3, -0.25) is 5.43 Å². The maximum Gasteiger partial charge on any atom is 0.326 e. The Bertz CT molecular complexity index is 54.1. The molecule has 0 aliphatic carbocycles. The zero-order chi connectivity index (χ0) is 6.28. The van der Waals surface area contributed by atoms with Crippen LogP contribution in [0.15, 0.2) is 13.2 Å². The molecule has 7 heavy (non-hydrogen) atoms. The molecule has 0 rings (SSSR count). The van der Waals surface area contributed by atoms with Crippen molar-refractivity contribution in [3.05, 3.63) is 13.2 Å². The molecule has 2 amide bonds. The Hall–Kier alpha value is -1.03. The molecule has 4 nitrogen and oxygen atoms in total. The van der Waals surface area contributed by atoms with Crippen molar-refractivity contribution in [1.29, 1.82) is 0 Å². The van der Waals surface area contributed by atoms with Crippen molar-refractivity contribution in [2.75, 3.05) is 0 Å². The fraction of sp³-hybridized carbons (Fsp3) is 0. The summed E-state index contributed by atoms with van der Waals surface area (Å²) < 4.78 is 0. The van der Waals surface area contributed by atoms with Crippen LogP contribution in [0.25, 0.3) is 0 Å². The molecule has 42 valence electrons. The van der Waals surface area contributed by atoms with E-state index in [1.54, 1.807) is 5.43 Å². The average Bonchev–Trinajstić information content (AvgIpc) is 1.73. The first-order valence-electron chi connectivity index (χ1n) is 1.53. The highest BCUT2D eigenvalue weighted by Crippen LogP contribution is 1.34. The SMILES string of the molecule is C=C.NNC(N)=O. The van der Waals surface area contributed by atoms with Crippen LogP contribution in [-0.2, 0) is 0 Å². The molecule has 0 spiro atoms. The number of hydrogen-bond donors (Lipinski definition) is 3. The van der Waals surface area contributed by atoms with Crippen molar-refractivity contribution >= 4 is 6.03 Å². The Balaban J connectivity index is 0. The van der Waals surface area contributed by atoms with Crippen molar-refractivity contribution in [2.24, 2.45) is 11.6 Å². The highest BCUT2D eigenvalue weighted by Gasteiger charge is 1.73. The molecule has 0 heterocycles. The Morgan fingerprint density at radius 1 is 1.57 bits per heavy atom. The second kappa shape index (κ2) is 8.88. The van der Waals surface area contributed by atoms with Crippen LogP contribution in [0.3, 0.4) is 0 Å². The summed E-state index contributed by atoms with van der Waals surface area (Å²) in [5.74, 6) is 4.45. The number of hydrazine groups is 1. The van der Waals surface area contributed by atoms with Gasteiger partial charge in [-0.25, -0.2) is 10.6 Å². The molecule has 0 saturated heterocycles. The molecule has 5 N–H and O–H groups in total. The van der Waals surface area contributed by atoms with Crippen LogP contribution in [0, 0.1) is 0 Å². The summed E-state index contributed by atoms with van der Waals surface area (Å²) in [7, 11) is 0. The Labute approximate surface area is 42.1 Å². The van der Waals surface area contributed by atoms with Gasteiger partial charge in [0.2, 0.25) is 0 Å². The highest BCUT2D eigenvalue weighted by atomic mass is 16.2. The third-order valence-corrected chi connectivity index (χ3v) is 0.142. The van der Waals surface area contributed by atoms with Crippen LogP contribution < -0.4 is 17.0 Å². The van der Waals surface area contributed by atoms with E-state index in [2.05, 4.69) is 24.7 Å². The van der Waals surface area contributed by atoms with Crippen molar-refractivity contribution < 1.29 is 4.79 Å². The van der Waals surface area contributed by atoms with Crippen molar-refractivity contribution in [2.45, 2.75) is 0 Å². The van der Waals surface area contributed by atoms with E-state index in [1.165, 1.54) is 0 Å². The number of primary amides is 1. The minimum atomic E-state index is -0.718. The molecule has 0 atom stereocenters. The topological polar surface area (TPSA) is 81.1 Å². The number of carbonyl (C=O) groups excluding carboxylic acids is 1. The fourth-order valence-corrected chi connectivity index (χ4v) is 0. The maximum atomic E-state index is 9.35. The van der Waals surface area contributed by atoms with E-state index in [-0.39, 0.29) is 0 Å². The highest BCUT2D eigenvalue weighted by molar-refractivity contribution is 5.70. The number of nitrogens with one attached hydrogen (secondary N) is 1. The summed E-state index contributed by atoms with van der Waals surface area (Å²) in [5, 5.41) is 0. The largest absolute Gasteiger partial charge is 0.351 e. The predicted octanol–water partition coefficient (Wildman–Crippen LogP) is -0.669. The van der Waals surface area contributed by atoms with Crippen LogP contribution >= 0.6 is 0 Å². The van der Waals surface area contributed by atoms with Crippen LogP contribution in [-0.4, -0.2) is 6.03 Å². The van der Waals surface area contributed by atoms with E-state index in [4.69, 9.17) is 0 Å². The molecular weight excluding hydrogens is 94.1 g/mol. The van der Waals surface area contributed by atoms with E-state index < -0.39 is 6.03 Å². The van der Waals surface area contributed by atoms with E-state index in [1.807, 2.05) is 0 Å². The second-order valence-corrected chi connectivity index (χ2v) is 0.509. The van der Waals surface area contributed by atoms with Gasteiger partial charge < -0.3 is 5.73 Å². The van der Waals surface area contributed by atoms with Crippen molar-refractivity contribution in [3.63, 3.8) is 0 Å². The first-order chi connectivity index (χ1) is 3.27. The average molecular weight is 103 g/mol. The van der Waals surface area contributed by atoms with E-state index in [9.17, 15) is 4.79 Å². The number of urea groups is 1. The third-order valence-electron chi connectivity index (χ3n) is 0.142. The summed E-state index contributed by atoms with van der Waals surface area (Å²) in [4.78, 5) is 9.35. The minimum absolute atomic E-state index is 0.718. The molecule has 0 fully saturated rings. The van der Waals surface area contributed by atoms with E-state index >= 15 is 0 Å². The molecule has 0 aliphatic rings. The number of hydrogen-bond acceptors (Lipinski definition) is 2. The lowest BCUT2D eigenvalue weighted by Crippen LogP contribution is -2.34. The Kier molecular flexibility index (Phi) is 11.9. The number of rotatable bonds is 0. The number of amides is 2. The standard InChI is InChI=1S/C2H4.CH5N3O/c1-2;2-1(5)4-3/h1-2H2;3H2,(H3,2,4,5). The van der Waals surface area contributed by atoms with Crippen LogP contribution in [0.1, 0.15) is 0 Å². The van der Waals surface area contributed by atoms with Gasteiger partial charge in [0.25, 0.3) is 0 Å². The van der Waals surface area contributed by atoms with E-state index in [0.717, 1.165) is 0 Å². The predicted molar refractivity (Wildman–Crippen MR) is 28.2 cm³/mol. The van der Waals surface area contributed by atoms with Crippen LogP contribution in [0.2, 0.25) is 0 Å². The maximum absolute atomic E-state index is 9.35. The summed E-state index contributed by atoms with van der Waals surface area (Å²) in [6.45, 7) is 6.00. The molecule has 0 unspecified atom stereocenters. The first kappa shape index (κ1) is 9.36. The molecule has 0 aliphatic heterocycles. The molecule has 0 bridgehead atoms. The fourth-order valence-electron chi connectivity index (χ4n) is 0. The Morgan fingerprint density at radius 2 is 1.71 bits per heavy atom. The minimum Gasteiger partial charge on any atom is -0.351 e. The third kappa shape index (κ3) is 46.6. The van der Waals surface area contributed by atoms with Gasteiger partial charge in [0.05, 0.1) is 0 Å². The molecule has 4 heteroatoms. The van der Waals surface area contributed by atoms with Gasteiger partial charge in [-0.15, -0.1) is 13.2 Å². The summed E-state index contributed by atoms with van der Waals surface area (Å²) in [6, 6.07) is -0.718. The van der Waals surface area contributed by atoms with Gasteiger partial charge in [-0.2, -0.15) is 0 Å². The first-order valence-corrected chi connectivity index (χ1v) is 1.53. The Morgan fingerprint density at radius 3 is 1.71 bits per heavy atom. The lowest BCUT2D eigenvalue weighted by atomic mass is 11.2. The van der Waals surface area contributed by atoms with Gasteiger partial charge >= 0.3 is 6.03 Å². The monoisotopic (exact) mass is 103 g/mol. The summed E-state index contributed by atoms with van der Waals surface area (Å²) >= 11 is 0. The van der Waals surface area contributed by atoms with Crippen molar-refractivity contribution in [1.82, 2.24) is 5.43 Å². The molecule has 0 aromatic carbocycles. The van der Waals surface area contributed by atoms with Gasteiger partial charge in [-0.1, -0.05) is 0 Å². The zero-order valence-corrected chi connectivity index (χ0v) is 3.98. The van der Waals surface area contributed by atoms with Crippen LogP contribution in [0.5, 0.6) is 0 Å².